The molecule has 0 saturated carbocycles. The van der Waals surface area contributed by atoms with E-state index in [2.05, 4.69) is 4.98 Å². The van der Waals surface area contributed by atoms with Gasteiger partial charge in [0.25, 0.3) is 5.56 Å². The molecular formula is C15H16ClFN2O3. The third-order valence-corrected chi connectivity index (χ3v) is 3.27. The van der Waals surface area contributed by atoms with Gasteiger partial charge in [0.05, 0.1) is 16.8 Å². The van der Waals surface area contributed by atoms with E-state index in [0.29, 0.717) is 12.1 Å². The molecule has 5 nitrogen and oxygen atoms in total. The minimum Gasteiger partial charge on any atom is -0.489 e. The van der Waals surface area contributed by atoms with Crippen LogP contribution in [0, 0.1) is 5.82 Å². The zero-order chi connectivity index (χ0) is 16.4. The minimum atomic E-state index is -0.780. The maximum Gasteiger partial charge on any atom is 0.333 e. The van der Waals surface area contributed by atoms with Gasteiger partial charge >= 0.3 is 5.69 Å². The molecule has 118 valence electrons. The SMILES string of the molecule is CCc1cc(=O)n(-c2cc(OC(C)C)c(Cl)cc2F)c(=O)[nH]1. The van der Waals surface area contributed by atoms with Crippen LogP contribution in [-0.4, -0.2) is 15.7 Å². The fourth-order valence-electron chi connectivity index (χ4n) is 2.00. The van der Waals surface area contributed by atoms with E-state index in [0.717, 1.165) is 10.6 Å². The van der Waals surface area contributed by atoms with Crippen LogP contribution in [0.15, 0.2) is 27.8 Å². The lowest BCUT2D eigenvalue weighted by atomic mass is 10.2. The fourth-order valence-corrected chi connectivity index (χ4v) is 2.19. The highest BCUT2D eigenvalue weighted by Crippen LogP contribution is 2.29. The maximum absolute atomic E-state index is 14.1. The third kappa shape index (κ3) is 3.22. The summed E-state index contributed by atoms with van der Waals surface area (Å²) < 4.78 is 20.3. The van der Waals surface area contributed by atoms with Crippen molar-refractivity contribution >= 4 is 11.6 Å². The number of hydrogen-bond acceptors (Lipinski definition) is 3. The maximum atomic E-state index is 14.1. The number of halogens is 2. The summed E-state index contributed by atoms with van der Waals surface area (Å²) in [5.74, 6) is -0.572. The summed E-state index contributed by atoms with van der Waals surface area (Å²) in [4.78, 5) is 26.7. The predicted molar refractivity (Wildman–Crippen MR) is 82.8 cm³/mol. The van der Waals surface area contributed by atoms with E-state index in [9.17, 15) is 14.0 Å². The van der Waals surface area contributed by atoms with Crippen LogP contribution >= 0.6 is 11.6 Å². The number of nitrogens with one attached hydrogen (secondary N) is 1. The number of benzene rings is 1. The van der Waals surface area contributed by atoms with Gasteiger partial charge in [-0.1, -0.05) is 18.5 Å². The van der Waals surface area contributed by atoms with Crippen LogP contribution < -0.4 is 16.0 Å². The molecular weight excluding hydrogens is 311 g/mol. The van der Waals surface area contributed by atoms with Crippen LogP contribution in [0.1, 0.15) is 26.5 Å². The zero-order valence-electron chi connectivity index (χ0n) is 12.4. The largest absolute Gasteiger partial charge is 0.489 e. The molecule has 1 aromatic heterocycles. The molecule has 22 heavy (non-hydrogen) atoms. The van der Waals surface area contributed by atoms with Crippen LogP contribution in [0.3, 0.4) is 0 Å². The number of aryl methyl sites for hydroxylation is 1. The van der Waals surface area contributed by atoms with E-state index in [1.54, 1.807) is 20.8 Å². The van der Waals surface area contributed by atoms with E-state index in [1.165, 1.54) is 12.1 Å². The second-order valence-electron chi connectivity index (χ2n) is 5.03. The summed E-state index contributed by atoms with van der Waals surface area (Å²) in [7, 11) is 0. The van der Waals surface area contributed by atoms with Gasteiger partial charge in [-0.3, -0.25) is 4.79 Å². The Morgan fingerprint density at radius 1 is 1.32 bits per heavy atom. The minimum absolute atomic E-state index is 0.0737. The number of rotatable bonds is 4. The van der Waals surface area contributed by atoms with Gasteiger partial charge in [0.2, 0.25) is 0 Å². The monoisotopic (exact) mass is 326 g/mol. The van der Waals surface area contributed by atoms with Gasteiger partial charge in [0.15, 0.2) is 0 Å². The summed E-state index contributed by atoms with van der Waals surface area (Å²) >= 11 is 5.92. The van der Waals surface area contributed by atoms with Crippen LogP contribution in [0.5, 0.6) is 5.75 Å². The van der Waals surface area contributed by atoms with Gasteiger partial charge in [-0.25, -0.2) is 13.8 Å². The van der Waals surface area contributed by atoms with Crippen molar-refractivity contribution < 1.29 is 9.13 Å². The van der Waals surface area contributed by atoms with Crippen LogP contribution in [-0.2, 0) is 6.42 Å². The van der Waals surface area contributed by atoms with Crippen molar-refractivity contribution in [1.29, 1.82) is 0 Å². The number of hydrogen-bond donors (Lipinski definition) is 1. The molecule has 0 aliphatic rings. The summed E-state index contributed by atoms with van der Waals surface area (Å²) in [5, 5.41) is 0.0737. The quantitative estimate of drug-likeness (QED) is 0.939. The van der Waals surface area contributed by atoms with Gasteiger partial charge in [-0.15, -0.1) is 0 Å². The standard InChI is InChI=1S/C15H16ClFN2O3/c1-4-9-5-14(20)19(15(21)18-9)12-7-13(22-8(2)3)10(16)6-11(12)17/h5-8H,4H2,1-3H3,(H,18,21). The molecule has 0 saturated heterocycles. The number of nitrogens with zero attached hydrogens (tertiary/aromatic N) is 1. The average molecular weight is 327 g/mol. The first-order valence-corrected chi connectivity index (χ1v) is 7.22. The summed E-state index contributed by atoms with van der Waals surface area (Å²) in [6.07, 6.45) is 0.309. The summed E-state index contributed by atoms with van der Waals surface area (Å²) in [6.45, 7) is 5.37. The van der Waals surface area contributed by atoms with Crippen molar-refractivity contribution in [3.05, 3.63) is 55.6 Å². The summed E-state index contributed by atoms with van der Waals surface area (Å²) in [5.41, 5.74) is -1.04. The molecule has 0 aliphatic heterocycles. The molecule has 0 spiro atoms. The average Bonchev–Trinajstić information content (AvgIpc) is 2.42. The molecule has 2 rings (SSSR count). The Morgan fingerprint density at radius 3 is 2.55 bits per heavy atom. The topological polar surface area (TPSA) is 64.1 Å². The number of ether oxygens (including phenoxy) is 1. The Balaban J connectivity index is 2.68. The highest BCUT2D eigenvalue weighted by molar-refractivity contribution is 6.32. The molecule has 7 heteroatoms. The third-order valence-electron chi connectivity index (χ3n) is 2.97. The molecule has 0 atom stereocenters. The first kappa shape index (κ1) is 16.3. The van der Waals surface area contributed by atoms with Crippen molar-refractivity contribution in [2.24, 2.45) is 0 Å². The molecule has 0 unspecified atom stereocenters. The second kappa shape index (κ2) is 6.36. The zero-order valence-corrected chi connectivity index (χ0v) is 13.2. The Morgan fingerprint density at radius 2 is 2.00 bits per heavy atom. The second-order valence-corrected chi connectivity index (χ2v) is 5.43. The van der Waals surface area contributed by atoms with Gasteiger partial charge in [0.1, 0.15) is 11.6 Å². The van der Waals surface area contributed by atoms with Crippen molar-refractivity contribution in [2.45, 2.75) is 33.3 Å². The molecule has 1 heterocycles. The number of H-pyrrole nitrogens is 1. The molecule has 1 N–H and O–H groups in total. The van der Waals surface area contributed by atoms with E-state index in [-0.39, 0.29) is 22.6 Å². The lowest BCUT2D eigenvalue weighted by Gasteiger charge is -2.14. The molecule has 2 aromatic rings. The number of aromatic nitrogens is 2. The Kier molecular flexibility index (Phi) is 4.71. The Bertz CT molecular complexity index is 780. The lowest BCUT2D eigenvalue weighted by molar-refractivity contribution is 0.242. The van der Waals surface area contributed by atoms with Gasteiger partial charge in [0, 0.05) is 17.8 Å². The predicted octanol–water partition coefficient (Wildman–Crippen LogP) is 2.67. The van der Waals surface area contributed by atoms with Gasteiger partial charge in [-0.2, -0.15) is 0 Å². The molecule has 0 fully saturated rings. The molecule has 1 aromatic carbocycles. The van der Waals surface area contributed by atoms with Crippen LogP contribution in [0.2, 0.25) is 5.02 Å². The lowest BCUT2D eigenvalue weighted by Crippen LogP contribution is -2.34. The summed E-state index contributed by atoms with van der Waals surface area (Å²) in [6, 6.07) is 3.53. The van der Waals surface area contributed by atoms with E-state index < -0.39 is 17.1 Å². The van der Waals surface area contributed by atoms with E-state index in [1.807, 2.05) is 0 Å². The van der Waals surface area contributed by atoms with Crippen molar-refractivity contribution in [2.75, 3.05) is 0 Å². The van der Waals surface area contributed by atoms with Gasteiger partial charge < -0.3 is 9.72 Å². The van der Waals surface area contributed by atoms with E-state index in [4.69, 9.17) is 16.3 Å². The van der Waals surface area contributed by atoms with E-state index >= 15 is 0 Å². The Hall–Kier alpha value is -2.08. The van der Waals surface area contributed by atoms with Crippen LogP contribution in [0.4, 0.5) is 4.39 Å². The first-order valence-electron chi connectivity index (χ1n) is 6.84. The van der Waals surface area contributed by atoms with Crippen molar-refractivity contribution in [1.82, 2.24) is 9.55 Å². The fraction of sp³-hybridized carbons (Fsp3) is 0.333. The molecule has 0 aliphatic carbocycles. The van der Waals surface area contributed by atoms with Gasteiger partial charge in [-0.05, 0) is 26.3 Å². The van der Waals surface area contributed by atoms with Crippen molar-refractivity contribution in [3.8, 4) is 11.4 Å². The molecule has 0 radical (unpaired) electrons. The molecule has 0 bridgehead atoms. The number of aromatic amines is 1. The highest BCUT2D eigenvalue weighted by atomic mass is 35.5. The Labute approximate surface area is 131 Å². The molecule has 0 amide bonds. The smallest absolute Gasteiger partial charge is 0.333 e. The first-order chi connectivity index (χ1) is 10.3. The highest BCUT2D eigenvalue weighted by Gasteiger charge is 2.16. The van der Waals surface area contributed by atoms with Crippen molar-refractivity contribution in [3.63, 3.8) is 0 Å². The normalized spacial score (nSPS) is 11.0. The van der Waals surface area contributed by atoms with Crippen LogP contribution in [0.25, 0.3) is 5.69 Å².